The number of hydrogen-bond acceptors (Lipinski definition) is 5. The molecule has 3 amide bonds. The second kappa shape index (κ2) is 5.96. The molecule has 0 unspecified atom stereocenters. The topological polar surface area (TPSA) is 71.5 Å². The smallest absolute Gasteiger partial charge is 0.325 e. The van der Waals surface area contributed by atoms with Crippen molar-refractivity contribution >= 4 is 23.3 Å². The van der Waals surface area contributed by atoms with E-state index in [1.807, 2.05) is 5.38 Å². The van der Waals surface area contributed by atoms with Crippen LogP contribution in [-0.4, -0.2) is 41.1 Å². The molecule has 120 valence electrons. The summed E-state index contributed by atoms with van der Waals surface area (Å²) in [6.45, 7) is 2.08. The molecule has 1 aromatic rings. The maximum Gasteiger partial charge on any atom is 0.325 e. The van der Waals surface area contributed by atoms with Crippen LogP contribution in [0.2, 0.25) is 0 Å². The van der Waals surface area contributed by atoms with Crippen LogP contribution in [0.5, 0.6) is 0 Å². The van der Waals surface area contributed by atoms with Crippen LogP contribution in [-0.2, 0) is 16.1 Å². The van der Waals surface area contributed by atoms with E-state index in [0.717, 1.165) is 10.7 Å². The second-order valence-electron chi connectivity index (χ2n) is 6.25. The summed E-state index contributed by atoms with van der Waals surface area (Å²) >= 11 is 1.64. The van der Waals surface area contributed by atoms with E-state index in [0.29, 0.717) is 5.92 Å². The Hall–Kier alpha value is -1.47. The highest BCUT2D eigenvalue weighted by Crippen LogP contribution is 2.35. The van der Waals surface area contributed by atoms with Crippen LogP contribution in [0.3, 0.4) is 0 Å². The predicted molar refractivity (Wildman–Crippen MR) is 82.7 cm³/mol. The standard InChI is InChI=1S/C15H21N3O3S/c1-15(9-21-2)13(19)18(14(20)17-15)7-11-8-22-12(16-11)10-5-3-4-6-10/h8,10H,3-7,9H2,1-2H3,(H,17,20)/t15-/m1/s1. The number of rotatable bonds is 5. The fraction of sp³-hybridized carbons (Fsp3) is 0.667. The minimum absolute atomic E-state index is 0.165. The van der Waals surface area contributed by atoms with Crippen LogP contribution in [0.25, 0.3) is 0 Å². The van der Waals surface area contributed by atoms with Crippen LogP contribution in [0.15, 0.2) is 5.38 Å². The summed E-state index contributed by atoms with van der Waals surface area (Å²) in [5.74, 6) is 0.301. The number of aromatic nitrogens is 1. The molecule has 0 bridgehead atoms. The maximum absolute atomic E-state index is 12.4. The zero-order chi connectivity index (χ0) is 15.7. The van der Waals surface area contributed by atoms with Crippen molar-refractivity contribution in [3.8, 4) is 0 Å². The monoisotopic (exact) mass is 323 g/mol. The minimum Gasteiger partial charge on any atom is -0.382 e. The van der Waals surface area contributed by atoms with Crippen molar-refractivity contribution in [2.75, 3.05) is 13.7 Å². The average Bonchev–Trinajstić information content (AvgIpc) is 3.17. The van der Waals surface area contributed by atoms with E-state index >= 15 is 0 Å². The number of carbonyl (C=O) groups excluding carboxylic acids is 2. The van der Waals surface area contributed by atoms with E-state index in [4.69, 9.17) is 4.74 Å². The van der Waals surface area contributed by atoms with Gasteiger partial charge in [0, 0.05) is 18.4 Å². The van der Waals surface area contributed by atoms with E-state index in [1.165, 1.54) is 37.7 Å². The molecule has 1 aliphatic carbocycles. The van der Waals surface area contributed by atoms with Gasteiger partial charge < -0.3 is 10.1 Å². The fourth-order valence-corrected chi connectivity index (χ4v) is 4.18. The van der Waals surface area contributed by atoms with Gasteiger partial charge in [0.05, 0.1) is 23.9 Å². The molecule has 2 fully saturated rings. The molecule has 6 nitrogen and oxygen atoms in total. The van der Waals surface area contributed by atoms with E-state index < -0.39 is 5.54 Å². The summed E-state index contributed by atoms with van der Waals surface area (Å²) in [5.41, 5.74) is -0.187. The number of nitrogens with one attached hydrogen (secondary N) is 1. The van der Waals surface area contributed by atoms with Crippen LogP contribution in [0.4, 0.5) is 4.79 Å². The van der Waals surface area contributed by atoms with Gasteiger partial charge in [-0.1, -0.05) is 12.8 Å². The van der Waals surface area contributed by atoms with Crippen molar-refractivity contribution in [2.45, 2.75) is 50.6 Å². The third-order valence-electron chi connectivity index (χ3n) is 4.37. The zero-order valence-corrected chi connectivity index (χ0v) is 13.7. The lowest BCUT2D eigenvalue weighted by Gasteiger charge is -2.20. The van der Waals surface area contributed by atoms with Crippen LogP contribution in [0, 0.1) is 0 Å². The molecule has 2 heterocycles. The highest BCUT2D eigenvalue weighted by molar-refractivity contribution is 7.09. The minimum atomic E-state index is -0.976. The van der Waals surface area contributed by atoms with Crippen molar-refractivity contribution in [1.29, 1.82) is 0 Å². The Balaban J connectivity index is 1.70. The molecule has 0 radical (unpaired) electrons. The van der Waals surface area contributed by atoms with Crippen molar-refractivity contribution < 1.29 is 14.3 Å². The number of imide groups is 1. The van der Waals surface area contributed by atoms with Gasteiger partial charge in [0.2, 0.25) is 0 Å². The highest BCUT2D eigenvalue weighted by atomic mass is 32.1. The lowest BCUT2D eigenvalue weighted by Crippen LogP contribution is -2.47. The summed E-state index contributed by atoms with van der Waals surface area (Å²) in [5, 5.41) is 5.80. The number of amides is 3. The molecule has 1 aliphatic heterocycles. The summed E-state index contributed by atoms with van der Waals surface area (Å²) in [4.78, 5) is 30.4. The molecule has 1 atom stereocenters. The third kappa shape index (κ3) is 2.75. The first-order valence-corrected chi connectivity index (χ1v) is 8.49. The molecule has 22 heavy (non-hydrogen) atoms. The highest BCUT2D eigenvalue weighted by Gasteiger charge is 2.48. The molecule has 1 saturated heterocycles. The second-order valence-corrected chi connectivity index (χ2v) is 7.13. The lowest BCUT2D eigenvalue weighted by molar-refractivity contribution is -0.132. The largest absolute Gasteiger partial charge is 0.382 e. The number of thiazole rings is 1. The van der Waals surface area contributed by atoms with Crippen molar-refractivity contribution in [3.63, 3.8) is 0 Å². The number of methoxy groups -OCH3 is 1. The molecule has 3 rings (SSSR count). The van der Waals surface area contributed by atoms with Gasteiger partial charge in [-0.2, -0.15) is 0 Å². The fourth-order valence-electron chi connectivity index (χ4n) is 3.19. The molecule has 0 spiro atoms. The number of ether oxygens (including phenoxy) is 1. The van der Waals surface area contributed by atoms with Crippen molar-refractivity contribution in [1.82, 2.24) is 15.2 Å². The molecular formula is C15H21N3O3S. The zero-order valence-electron chi connectivity index (χ0n) is 12.9. The number of hydrogen-bond donors (Lipinski definition) is 1. The summed E-state index contributed by atoms with van der Waals surface area (Å²) < 4.78 is 5.04. The van der Waals surface area contributed by atoms with Crippen LogP contribution in [0.1, 0.15) is 49.2 Å². The predicted octanol–water partition coefficient (Wildman–Crippen LogP) is 2.26. The van der Waals surface area contributed by atoms with E-state index in [1.54, 1.807) is 18.3 Å². The Morgan fingerprint density at radius 2 is 2.18 bits per heavy atom. The Kier molecular flexibility index (Phi) is 4.18. The van der Waals surface area contributed by atoms with Gasteiger partial charge in [-0.25, -0.2) is 9.78 Å². The Bertz CT molecular complexity index is 582. The third-order valence-corrected chi connectivity index (χ3v) is 5.43. The van der Waals surface area contributed by atoms with Gasteiger partial charge in [0.1, 0.15) is 5.54 Å². The Morgan fingerprint density at radius 3 is 2.86 bits per heavy atom. The quantitative estimate of drug-likeness (QED) is 0.844. The number of carbonyl (C=O) groups is 2. The molecule has 1 saturated carbocycles. The summed E-state index contributed by atoms with van der Waals surface area (Å²) in [6.07, 6.45) is 4.92. The number of nitrogens with zero attached hydrogens (tertiary/aromatic N) is 2. The van der Waals surface area contributed by atoms with Gasteiger partial charge in [-0.15, -0.1) is 11.3 Å². The molecular weight excluding hydrogens is 302 g/mol. The summed E-state index contributed by atoms with van der Waals surface area (Å²) in [6, 6.07) is -0.375. The average molecular weight is 323 g/mol. The molecule has 0 aromatic carbocycles. The first kappa shape index (κ1) is 15.4. The van der Waals surface area contributed by atoms with Gasteiger partial charge in [-0.05, 0) is 19.8 Å². The van der Waals surface area contributed by atoms with Crippen LogP contribution < -0.4 is 5.32 Å². The van der Waals surface area contributed by atoms with Crippen molar-refractivity contribution in [3.05, 3.63) is 16.1 Å². The SMILES string of the molecule is COC[C@@]1(C)NC(=O)N(Cc2csc(C3CCCC3)n2)C1=O. The number of urea groups is 1. The maximum atomic E-state index is 12.4. The van der Waals surface area contributed by atoms with E-state index in [-0.39, 0.29) is 25.1 Å². The molecule has 1 aromatic heterocycles. The van der Waals surface area contributed by atoms with Gasteiger partial charge in [0.15, 0.2) is 0 Å². The van der Waals surface area contributed by atoms with Gasteiger partial charge >= 0.3 is 6.03 Å². The Morgan fingerprint density at radius 1 is 1.45 bits per heavy atom. The lowest BCUT2D eigenvalue weighted by atomic mass is 10.0. The van der Waals surface area contributed by atoms with Crippen LogP contribution >= 0.6 is 11.3 Å². The normalized spacial score (nSPS) is 26.0. The van der Waals surface area contributed by atoms with Gasteiger partial charge in [0.25, 0.3) is 5.91 Å². The first-order chi connectivity index (χ1) is 10.5. The van der Waals surface area contributed by atoms with E-state index in [9.17, 15) is 9.59 Å². The molecule has 1 N–H and O–H groups in total. The first-order valence-electron chi connectivity index (χ1n) is 7.61. The molecule has 7 heteroatoms. The van der Waals surface area contributed by atoms with E-state index in [2.05, 4.69) is 10.3 Å². The van der Waals surface area contributed by atoms with Gasteiger partial charge in [-0.3, -0.25) is 9.69 Å². The Labute approximate surface area is 133 Å². The summed E-state index contributed by atoms with van der Waals surface area (Å²) in [7, 11) is 1.52. The van der Waals surface area contributed by atoms with Crippen molar-refractivity contribution in [2.24, 2.45) is 0 Å². The molecule has 2 aliphatic rings.